The number of rotatable bonds is 1. The molecule has 4 nitrogen and oxygen atoms in total. The Morgan fingerprint density at radius 1 is 1.19 bits per heavy atom. The van der Waals surface area contributed by atoms with Gasteiger partial charge in [-0.1, -0.05) is 12.1 Å². The number of nitrogens with zero attached hydrogens (tertiary/aromatic N) is 1. The van der Waals surface area contributed by atoms with Gasteiger partial charge < -0.3 is 15.4 Å². The maximum Gasteiger partial charge on any atom is 0.170 e. The van der Waals surface area contributed by atoms with Crippen molar-refractivity contribution in [1.82, 2.24) is 10.2 Å². The van der Waals surface area contributed by atoms with Crippen molar-refractivity contribution in [3.63, 3.8) is 0 Å². The maximum atomic E-state index is 6.01. The molecule has 1 atom stereocenters. The summed E-state index contributed by atoms with van der Waals surface area (Å²) in [6, 6.07) is 8.13. The summed E-state index contributed by atoms with van der Waals surface area (Å²) in [5, 5.41) is 6.78. The van der Waals surface area contributed by atoms with E-state index in [1.54, 1.807) is 0 Å². The Morgan fingerprint density at radius 3 is 2.88 bits per heavy atom. The maximum absolute atomic E-state index is 6.01. The largest absolute Gasteiger partial charge is 0.471 e. The average Bonchev–Trinajstić information content (AvgIpc) is 2.39. The minimum absolute atomic E-state index is 0.178. The highest BCUT2D eigenvalue weighted by atomic mass is 16.5. The Morgan fingerprint density at radius 2 is 2.00 bits per heavy atom. The van der Waals surface area contributed by atoms with E-state index in [1.807, 2.05) is 18.2 Å². The van der Waals surface area contributed by atoms with E-state index in [1.165, 1.54) is 0 Å². The summed E-state index contributed by atoms with van der Waals surface area (Å²) in [7, 11) is 0. The fourth-order valence-electron chi connectivity index (χ4n) is 2.27. The van der Waals surface area contributed by atoms with Crippen LogP contribution < -0.4 is 15.4 Å². The molecule has 2 aliphatic rings. The molecule has 1 unspecified atom stereocenters. The lowest BCUT2D eigenvalue weighted by Gasteiger charge is -2.37. The van der Waals surface area contributed by atoms with E-state index in [4.69, 9.17) is 4.74 Å². The molecule has 0 saturated carbocycles. The number of para-hydroxylation sites is 2. The highest BCUT2D eigenvalue weighted by Gasteiger charge is 2.25. The molecule has 2 N–H and O–H groups in total. The second-order valence-electron chi connectivity index (χ2n) is 4.24. The minimum Gasteiger partial charge on any atom is -0.471 e. The summed E-state index contributed by atoms with van der Waals surface area (Å²) in [5.74, 6) is 0.970. The van der Waals surface area contributed by atoms with Crippen molar-refractivity contribution in [2.24, 2.45) is 0 Å². The van der Waals surface area contributed by atoms with Crippen molar-refractivity contribution in [2.45, 2.75) is 6.23 Å². The Bertz CT molecular complexity index is 363. The molecule has 0 spiro atoms. The SMILES string of the molecule is c1ccc2c(c1)NCC(N1CCNCC1)O2. The second-order valence-corrected chi connectivity index (χ2v) is 4.24. The van der Waals surface area contributed by atoms with Crippen molar-refractivity contribution in [3.8, 4) is 5.75 Å². The van der Waals surface area contributed by atoms with Crippen LogP contribution in [0.15, 0.2) is 24.3 Å². The lowest BCUT2D eigenvalue weighted by Crippen LogP contribution is -2.53. The first-order chi connectivity index (χ1) is 7.93. The van der Waals surface area contributed by atoms with E-state index in [9.17, 15) is 0 Å². The van der Waals surface area contributed by atoms with Gasteiger partial charge in [-0.3, -0.25) is 4.90 Å². The average molecular weight is 219 g/mol. The Labute approximate surface area is 95.6 Å². The van der Waals surface area contributed by atoms with E-state index in [-0.39, 0.29) is 6.23 Å². The molecule has 86 valence electrons. The van der Waals surface area contributed by atoms with Crippen LogP contribution in [0.25, 0.3) is 0 Å². The summed E-state index contributed by atoms with van der Waals surface area (Å²) in [5.41, 5.74) is 1.11. The van der Waals surface area contributed by atoms with Gasteiger partial charge in [-0.05, 0) is 12.1 Å². The van der Waals surface area contributed by atoms with E-state index in [0.29, 0.717) is 0 Å². The van der Waals surface area contributed by atoms with Crippen LogP contribution in [0, 0.1) is 0 Å². The predicted molar refractivity (Wildman–Crippen MR) is 63.8 cm³/mol. The monoisotopic (exact) mass is 219 g/mol. The van der Waals surface area contributed by atoms with Crippen molar-refractivity contribution in [1.29, 1.82) is 0 Å². The number of ether oxygens (including phenoxy) is 1. The quantitative estimate of drug-likeness (QED) is 0.730. The third-order valence-electron chi connectivity index (χ3n) is 3.18. The first kappa shape index (κ1) is 9.93. The van der Waals surface area contributed by atoms with E-state index >= 15 is 0 Å². The second kappa shape index (κ2) is 4.31. The van der Waals surface area contributed by atoms with Crippen LogP contribution in [-0.2, 0) is 0 Å². The Balaban J connectivity index is 1.72. The standard InChI is InChI=1S/C12H17N3O/c1-2-4-11-10(3-1)14-9-12(16-11)15-7-5-13-6-8-15/h1-4,12-14H,5-9H2. The molecular weight excluding hydrogens is 202 g/mol. The molecule has 1 aromatic carbocycles. The van der Waals surface area contributed by atoms with Crippen LogP contribution in [0.5, 0.6) is 5.75 Å². The fourth-order valence-corrected chi connectivity index (χ4v) is 2.27. The van der Waals surface area contributed by atoms with Gasteiger partial charge in [0.1, 0.15) is 5.75 Å². The van der Waals surface area contributed by atoms with Gasteiger partial charge in [0.25, 0.3) is 0 Å². The third kappa shape index (κ3) is 1.86. The van der Waals surface area contributed by atoms with Crippen LogP contribution in [0.3, 0.4) is 0 Å². The van der Waals surface area contributed by atoms with E-state index in [2.05, 4.69) is 21.6 Å². The Hall–Kier alpha value is -1.26. The number of anilines is 1. The van der Waals surface area contributed by atoms with Crippen LogP contribution in [0.2, 0.25) is 0 Å². The van der Waals surface area contributed by atoms with Crippen LogP contribution in [-0.4, -0.2) is 43.9 Å². The first-order valence-electron chi connectivity index (χ1n) is 5.88. The summed E-state index contributed by atoms with van der Waals surface area (Å²) in [4.78, 5) is 2.39. The van der Waals surface area contributed by atoms with Gasteiger partial charge in [-0.2, -0.15) is 0 Å². The molecule has 2 aliphatic heterocycles. The van der Waals surface area contributed by atoms with Crippen molar-refractivity contribution in [3.05, 3.63) is 24.3 Å². The van der Waals surface area contributed by atoms with Crippen LogP contribution >= 0.6 is 0 Å². The lowest BCUT2D eigenvalue weighted by atomic mass is 10.2. The number of benzene rings is 1. The van der Waals surface area contributed by atoms with Gasteiger partial charge in [0.05, 0.1) is 12.2 Å². The van der Waals surface area contributed by atoms with Crippen LogP contribution in [0.4, 0.5) is 5.69 Å². The minimum atomic E-state index is 0.178. The van der Waals surface area contributed by atoms with Gasteiger partial charge in [0.15, 0.2) is 6.23 Å². The van der Waals surface area contributed by atoms with Crippen molar-refractivity contribution >= 4 is 5.69 Å². The first-order valence-corrected chi connectivity index (χ1v) is 5.88. The molecule has 4 heteroatoms. The summed E-state index contributed by atoms with van der Waals surface area (Å²) in [6.45, 7) is 5.11. The molecule has 16 heavy (non-hydrogen) atoms. The van der Waals surface area contributed by atoms with Gasteiger partial charge in [0.2, 0.25) is 0 Å². The summed E-state index contributed by atoms with van der Waals surface area (Å²) in [6.07, 6.45) is 0.178. The zero-order valence-electron chi connectivity index (χ0n) is 9.28. The van der Waals surface area contributed by atoms with Crippen molar-refractivity contribution < 1.29 is 4.74 Å². The van der Waals surface area contributed by atoms with Gasteiger partial charge in [-0.25, -0.2) is 0 Å². The molecule has 2 heterocycles. The number of hydrogen-bond acceptors (Lipinski definition) is 4. The number of fused-ring (bicyclic) bond motifs is 1. The molecule has 1 saturated heterocycles. The smallest absolute Gasteiger partial charge is 0.170 e. The molecule has 0 bridgehead atoms. The summed E-state index contributed by atoms with van der Waals surface area (Å²) >= 11 is 0. The number of hydrogen-bond donors (Lipinski definition) is 2. The summed E-state index contributed by atoms with van der Waals surface area (Å²) < 4.78 is 6.01. The predicted octanol–water partition coefficient (Wildman–Crippen LogP) is 0.722. The van der Waals surface area contributed by atoms with E-state index in [0.717, 1.165) is 44.2 Å². The molecule has 0 amide bonds. The molecular formula is C12H17N3O. The number of piperazine rings is 1. The molecule has 1 aromatic rings. The van der Waals surface area contributed by atoms with Gasteiger partial charge >= 0.3 is 0 Å². The highest BCUT2D eigenvalue weighted by molar-refractivity contribution is 5.57. The molecule has 0 aliphatic carbocycles. The normalized spacial score (nSPS) is 25.4. The Kier molecular flexibility index (Phi) is 2.68. The molecule has 1 fully saturated rings. The fraction of sp³-hybridized carbons (Fsp3) is 0.500. The molecule has 0 radical (unpaired) electrons. The lowest BCUT2D eigenvalue weighted by molar-refractivity contribution is 0.0225. The van der Waals surface area contributed by atoms with Gasteiger partial charge in [-0.15, -0.1) is 0 Å². The highest BCUT2D eigenvalue weighted by Crippen LogP contribution is 2.28. The van der Waals surface area contributed by atoms with Gasteiger partial charge in [0, 0.05) is 26.2 Å². The third-order valence-corrected chi connectivity index (χ3v) is 3.18. The van der Waals surface area contributed by atoms with E-state index < -0.39 is 0 Å². The molecule has 3 rings (SSSR count). The van der Waals surface area contributed by atoms with Crippen LogP contribution in [0.1, 0.15) is 0 Å². The zero-order valence-corrected chi connectivity index (χ0v) is 9.28. The number of nitrogens with one attached hydrogen (secondary N) is 2. The topological polar surface area (TPSA) is 36.5 Å². The molecule has 0 aromatic heterocycles. The zero-order chi connectivity index (χ0) is 10.8. The van der Waals surface area contributed by atoms with Crippen molar-refractivity contribution in [2.75, 3.05) is 38.0 Å².